The van der Waals surface area contributed by atoms with E-state index in [9.17, 15) is 10.1 Å². The maximum Gasteiger partial charge on any atom is 0.342 e. The Morgan fingerprint density at radius 1 is 1.08 bits per heavy atom. The number of amides is 1. The van der Waals surface area contributed by atoms with Crippen molar-refractivity contribution in [1.29, 1.82) is 5.26 Å². The second-order valence-corrected chi connectivity index (χ2v) is 9.27. The van der Waals surface area contributed by atoms with Crippen molar-refractivity contribution in [2.75, 3.05) is 13.2 Å². The van der Waals surface area contributed by atoms with Crippen LogP contribution in [0.5, 0.6) is 5.88 Å². The van der Waals surface area contributed by atoms with E-state index in [4.69, 9.17) is 9.47 Å². The molecule has 1 aliphatic heterocycles. The lowest BCUT2D eigenvalue weighted by Crippen LogP contribution is -2.28. The molecule has 6 heterocycles. The van der Waals surface area contributed by atoms with Gasteiger partial charge in [-0.05, 0) is 11.6 Å². The first kappa shape index (κ1) is 24.3. The van der Waals surface area contributed by atoms with Gasteiger partial charge in [0.15, 0.2) is 0 Å². The predicted molar refractivity (Wildman–Crippen MR) is 140 cm³/mol. The molecule has 5 aromatic heterocycles. The molecule has 0 unspecified atom stereocenters. The van der Waals surface area contributed by atoms with Crippen molar-refractivity contribution in [2.24, 2.45) is 7.05 Å². The molecule has 0 atom stereocenters. The molecule has 0 aliphatic carbocycles. The summed E-state index contributed by atoms with van der Waals surface area (Å²) in [6.45, 7) is 1.68. The van der Waals surface area contributed by atoms with E-state index in [-0.39, 0.29) is 12.6 Å². The molecular formula is C27H25N9O3. The van der Waals surface area contributed by atoms with E-state index in [1.807, 2.05) is 37.6 Å². The zero-order chi connectivity index (χ0) is 26.8. The van der Waals surface area contributed by atoms with Crippen molar-refractivity contribution < 1.29 is 14.3 Å². The summed E-state index contributed by atoms with van der Waals surface area (Å²) in [6, 6.07) is 7.43. The number of nitriles is 1. The Kier molecular flexibility index (Phi) is 6.48. The zero-order valence-electron chi connectivity index (χ0n) is 21.2. The first-order valence-corrected chi connectivity index (χ1v) is 12.5. The van der Waals surface area contributed by atoms with Gasteiger partial charge in [0.25, 0.3) is 0 Å². The molecule has 12 heteroatoms. The van der Waals surface area contributed by atoms with Crippen LogP contribution in [0.1, 0.15) is 24.0 Å². The maximum absolute atomic E-state index is 12.9. The van der Waals surface area contributed by atoms with Gasteiger partial charge < -0.3 is 14.8 Å². The molecule has 1 amide bonds. The number of fused-ring (bicyclic) bond motifs is 1. The maximum atomic E-state index is 12.9. The summed E-state index contributed by atoms with van der Waals surface area (Å²) in [5.41, 5.74) is 5.07. The fourth-order valence-corrected chi connectivity index (χ4v) is 4.53. The number of hydrogen-bond donors (Lipinski definition) is 1. The Morgan fingerprint density at radius 2 is 1.92 bits per heavy atom. The average Bonchev–Trinajstić information content (AvgIpc) is 3.72. The summed E-state index contributed by atoms with van der Waals surface area (Å²) in [6.07, 6.45) is 13.8. The van der Waals surface area contributed by atoms with Gasteiger partial charge in [-0.3, -0.25) is 4.68 Å². The van der Waals surface area contributed by atoms with Crippen LogP contribution in [-0.2, 0) is 18.3 Å². The third-order valence-corrected chi connectivity index (χ3v) is 6.57. The molecule has 12 nitrogen and oxygen atoms in total. The van der Waals surface area contributed by atoms with Gasteiger partial charge >= 0.3 is 6.03 Å². The second-order valence-electron chi connectivity index (χ2n) is 9.27. The van der Waals surface area contributed by atoms with Crippen LogP contribution >= 0.6 is 0 Å². The predicted octanol–water partition coefficient (Wildman–Crippen LogP) is 3.18. The monoisotopic (exact) mass is 523 g/mol. The molecule has 0 aromatic carbocycles. The number of ether oxygens (including phenoxy) is 2. The minimum absolute atomic E-state index is 0.115. The van der Waals surface area contributed by atoms with E-state index in [0.717, 1.165) is 35.1 Å². The number of hydrogen-bond acceptors (Lipinski definition) is 8. The van der Waals surface area contributed by atoms with Crippen LogP contribution in [-0.4, -0.2) is 59.5 Å². The summed E-state index contributed by atoms with van der Waals surface area (Å²) in [5.74, 6) is 0.560. The van der Waals surface area contributed by atoms with Crippen molar-refractivity contribution >= 4 is 11.5 Å². The van der Waals surface area contributed by atoms with Crippen LogP contribution in [0.25, 0.3) is 27.8 Å². The topological polar surface area (TPSA) is 137 Å². The molecule has 6 rings (SSSR count). The highest BCUT2D eigenvalue weighted by Gasteiger charge is 2.18. The van der Waals surface area contributed by atoms with Gasteiger partial charge in [0.05, 0.1) is 42.9 Å². The van der Waals surface area contributed by atoms with Crippen LogP contribution in [0.2, 0.25) is 0 Å². The standard InChI is InChI=1S/C27H25N9O3/c1-34-15-21(13-31-34)19-8-24(26-20(9-28)12-32-35(26)16-19)22-14-33-36(17-22)27(37)30-11-18-2-3-25(29-10-18)39-23-4-6-38-7-5-23/h2-3,8,10,12-17,23H,4-7,11H2,1H3,(H,30,37). The largest absolute Gasteiger partial charge is 0.474 e. The highest BCUT2D eigenvalue weighted by atomic mass is 16.5. The number of carbonyl (C=O) groups excluding carboxylic acids is 1. The summed E-state index contributed by atoms with van der Waals surface area (Å²) in [7, 11) is 1.85. The molecule has 1 fully saturated rings. The number of nitrogens with one attached hydrogen (secondary N) is 1. The Hall–Kier alpha value is -5.02. The third kappa shape index (κ3) is 5.07. The zero-order valence-corrected chi connectivity index (χ0v) is 21.2. The Balaban J connectivity index is 1.18. The minimum Gasteiger partial charge on any atom is -0.474 e. The Bertz CT molecular complexity index is 1670. The summed E-state index contributed by atoms with van der Waals surface area (Å²) in [4.78, 5) is 17.2. The van der Waals surface area contributed by atoms with E-state index in [1.165, 1.54) is 10.9 Å². The van der Waals surface area contributed by atoms with Crippen LogP contribution in [0.3, 0.4) is 0 Å². The highest BCUT2D eigenvalue weighted by Crippen LogP contribution is 2.31. The highest BCUT2D eigenvalue weighted by molar-refractivity contribution is 5.88. The number of aryl methyl sites for hydroxylation is 1. The number of nitrogens with zero attached hydrogens (tertiary/aromatic N) is 8. The Labute approximate surface area is 223 Å². The number of carbonyl (C=O) groups is 1. The minimum atomic E-state index is -0.391. The molecule has 0 radical (unpaired) electrons. The first-order chi connectivity index (χ1) is 19.1. The third-order valence-electron chi connectivity index (χ3n) is 6.57. The van der Waals surface area contributed by atoms with Crippen LogP contribution in [0.15, 0.2) is 61.6 Å². The fourth-order valence-electron chi connectivity index (χ4n) is 4.53. The summed E-state index contributed by atoms with van der Waals surface area (Å²) in [5, 5.41) is 25.4. The van der Waals surface area contributed by atoms with Crippen LogP contribution in [0.4, 0.5) is 4.79 Å². The Morgan fingerprint density at radius 3 is 2.67 bits per heavy atom. The molecule has 1 saturated heterocycles. The van der Waals surface area contributed by atoms with Gasteiger partial charge in [-0.2, -0.15) is 25.2 Å². The van der Waals surface area contributed by atoms with Crippen LogP contribution in [0, 0.1) is 11.3 Å². The molecule has 5 aromatic rings. The quantitative estimate of drug-likeness (QED) is 0.358. The van der Waals surface area contributed by atoms with Gasteiger partial charge in [-0.1, -0.05) is 6.07 Å². The van der Waals surface area contributed by atoms with E-state index in [1.54, 1.807) is 34.0 Å². The molecule has 1 aliphatic rings. The molecule has 0 saturated carbocycles. The normalized spacial score (nSPS) is 13.8. The van der Waals surface area contributed by atoms with E-state index in [2.05, 4.69) is 31.7 Å². The number of aromatic nitrogens is 7. The van der Waals surface area contributed by atoms with Gasteiger partial charge in [0.2, 0.25) is 5.88 Å². The van der Waals surface area contributed by atoms with Gasteiger partial charge in [-0.15, -0.1) is 0 Å². The van der Waals surface area contributed by atoms with Crippen LogP contribution < -0.4 is 10.1 Å². The molecule has 0 bridgehead atoms. The lowest BCUT2D eigenvalue weighted by atomic mass is 10.0. The van der Waals surface area contributed by atoms with E-state index >= 15 is 0 Å². The molecular weight excluding hydrogens is 498 g/mol. The van der Waals surface area contributed by atoms with Gasteiger partial charge in [-0.25, -0.2) is 14.3 Å². The van der Waals surface area contributed by atoms with Crippen molar-refractivity contribution in [3.63, 3.8) is 0 Å². The smallest absolute Gasteiger partial charge is 0.342 e. The van der Waals surface area contributed by atoms with Crippen molar-refractivity contribution in [3.05, 3.63) is 72.7 Å². The second kappa shape index (κ2) is 10.4. The molecule has 196 valence electrons. The molecule has 1 N–H and O–H groups in total. The molecule has 39 heavy (non-hydrogen) atoms. The van der Waals surface area contributed by atoms with Gasteiger partial charge in [0, 0.05) is 79.5 Å². The SMILES string of the molecule is Cn1cc(-c2cc(-c3cnn(C(=O)NCc4ccc(OC5CCOCC5)nc4)c3)c3c(C#N)cnn3c2)cn1. The van der Waals surface area contributed by atoms with Gasteiger partial charge in [0.1, 0.15) is 12.2 Å². The van der Waals surface area contributed by atoms with E-state index < -0.39 is 6.03 Å². The summed E-state index contributed by atoms with van der Waals surface area (Å²) >= 11 is 0. The number of rotatable bonds is 6. The van der Waals surface area contributed by atoms with Crippen molar-refractivity contribution in [3.8, 4) is 34.2 Å². The average molecular weight is 524 g/mol. The van der Waals surface area contributed by atoms with Crippen molar-refractivity contribution in [1.82, 2.24) is 39.5 Å². The molecule has 0 spiro atoms. The lowest BCUT2D eigenvalue weighted by molar-refractivity contribution is 0.0237. The lowest BCUT2D eigenvalue weighted by Gasteiger charge is -2.22. The first-order valence-electron chi connectivity index (χ1n) is 12.5. The fraction of sp³-hybridized carbons (Fsp3) is 0.259. The van der Waals surface area contributed by atoms with Crippen molar-refractivity contribution in [2.45, 2.75) is 25.5 Å². The number of pyridine rings is 2. The van der Waals surface area contributed by atoms with E-state index in [0.29, 0.717) is 35.7 Å². The summed E-state index contributed by atoms with van der Waals surface area (Å²) < 4.78 is 15.9.